The number of rotatable bonds is 7. The van der Waals surface area contributed by atoms with Crippen molar-refractivity contribution < 1.29 is 9.60 Å². The van der Waals surface area contributed by atoms with Gasteiger partial charge in [-0.25, -0.2) is 4.39 Å². The lowest BCUT2D eigenvalue weighted by Gasteiger charge is -2.24. The van der Waals surface area contributed by atoms with E-state index >= 15 is 0 Å². The fourth-order valence-corrected chi connectivity index (χ4v) is 2.08. The van der Waals surface area contributed by atoms with Gasteiger partial charge in [0.1, 0.15) is 5.82 Å². The van der Waals surface area contributed by atoms with E-state index in [4.69, 9.17) is 10.9 Å². The molecule has 0 bridgehead atoms. The molecule has 112 valence electrons. The lowest BCUT2D eigenvalue weighted by Crippen LogP contribution is -2.28. The largest absolute Gasteiger partial charge is 0.409 e. The van der Waals surface area contributed by atoms with E-state index in [9.17, 15) is 4.39 Å². The Bertz CT molecular complexity index is 462. The van der Waals surface area contributed by atoms with Crippen molar-refractivity contribution >= 4 is 5.84 Å². The Balaban J connectivity index is 2.87. The van der Waals surface area contributed by atoms with E-state index in [1.807, 2.05) is 0 Å². The summed E-state index contributed by atoms with van der Waals surface area (Å²) in [5.74, 6) is 0.159. The van der Waals surface area contributed by atoms with Crippen molar-refractivity contribution in [2.45, 2.75) is 33.7 Å². The third-order valence-corrected chi connectivity index (χ3v) is 3.48. The van der Waals surface area contributed by atoms with Crippen LogP contribution in [0, 0.1) is 11.7 Å². The molecule has 5 heteroatoms. The van der Waals surface area contributed by atoms with Crippen molar-refractivity contribution in [2.24, 2.45) is 16.8 Å². The van der Waals surface area contributed by atoms with Gasteiger partial charge < -0.3 is 10.9 Å². The molecule has 0 saturated carbocycles. The van der Waals surface area contributed by atoms with Crippen molar-refractivity contribution in [1.29, 1.82) is 0 Å². The van der Waals surface area contributed by atoms with E-state index in [2.05, 4.69) is 30.8 Å². The summed E-state index contributed by atoms with van der Waals surface area (Å²) in [4.78, 5) is 2.26. The number of hydrogen-bond donors (Lipinski definition) is 2. The molecule has 1 unspecified atom stereocenters. The molecule has 3 N–H and O–H groups in total. The maximum atomic E-state index is 13.6. The van der Waals surface area contributed by atoms with E-state index in [-0.39, 0.29) is 11.7 Å². The zero-order chi connectivity index (χ0) is 15.1. The van der Waals surface area contributed by atoms with E-state index in [1.54, 1.807) is 6.07 Å². The van der Waals surface area contributed by atoms with Crippen LogP contribution >= 0.6 is 0 Å². The average molecular weight is 281 g/mol. The van der Waals surface area contributed by atoms with Crippen LogP contribution in [0.25, 0.3) is 0 Å². The van der Waals surface area contributed by atoms with Gasteiger partial charge in [0.25, 0.3) is 0 Å². The molecule has 0 aliphatic carbocycles. The molecule has 0 aromatic heterocycles. The number of hydrogen-bond acceptors (Lipinski definition) is 3. The summed E-state index contributed by atoms with van der Waals surface area (Å²) >= 11 is 0. The molecule has 1 aromatic carbocycles. The minimum atomic E-state index is -0.372. The van der Waals surface area contributed by atoms with Gasteiger partial charge in [0.05, 0.1) is 0 Å². The molecule has 0 amide bonds. The summed E-state index contributed by atoms with van der Waals surface area (Å²) in [5.41, 5.74) is 6.75. The lowest BCUT2D eigenvalue weighted by molar-refractivity contribution is 0.238. The van der Waals surface area contributed by atoms with Crippen LogP contribution in [0.2, 0.25) is 0 Å². The lowest BCUT2D eigenvalue weighted by atomic mass is 10.1. The summed E-state index contributed by atoms with van der Waals surface area (Å²) in [5, 5.41) is 11.6. The molecule has 0 aliphatic heterocycles. The minimum absolute atomic E-state index is 0.0734. The number of halogens is 1. The van der Waals surface area contributed by atoms with Crippen LogP contribution in [-0.2, 0) is 6.54 Å². The summed E-state index contributed by atoms with van der Waals surface area (Å²) in [6.07, 6.45) is 1.12. The monoisotopic (exact) mass is 281 g/mol. The fourth-order valence-electron chi connectivity index (χ4n) is 2.08. The van der Waals surface area contributed by atoms with Gasteiger partial charge in [0, 0.05) is 18.7 Å². The molecule has 0 saturated heterocycles. The molecule has 20 heavy (non-hydrogen) atoms. The zero-order valence-electron chi connectivity index (χ0n) is 12.4. The SMILES string of the molecule is CCC(C)CN(CC)Cc1cc(F)cc(/C(N)=N/O)c1. The molecule has 0 radical (unpaired) electrons. The van der Waals surface area contributed by atoms with Crippen LogP contribution in [-0.4, -0.2) is 29.0 Å². The highest BCUT2D eigenvalue weighted by Crippen LogP contribution is 2.13. The average Bonchev–Trinajstić information content (AvgIpc) is 2.44. The zero-order valence-corrected chi connectivity index (χ0v) is 12.4. The third kappa shape index (κ3) is 4.81. The third-order valence-electron chi connectivity index (χ3n) is 3.48. The Morgan fingerprint density at radius 1 is 1.40 bits per heavy atom. The van der Waals surface area contributed by atoms with Crippen LogP contribution < -0.4 is 5.73 Å². The highest BCUT2D eigenvalue weighted by Gasteiger charge is 2.10. The molecular weight excluding hydrogens is 257 g/mol. The van der Waals surface area contributed by atoms with E-state index in [0.717, 1.165) is 25.1 Å². The minimum Gasteiger partial charge on any atom is -0.409 e. The Morgan fingerprint density at radius 2 is 2.10 bits per heavy atom. The molecular formula is C15H24FN3O. The van der Waals surface area contributed by atoms with Gasteiger partial charge in [-0.3, -0.25) is 4.90 Å². The standard InChI is InChI=1S/C15H24FN3O/c1-4-11(3)9-19(5-2)10-12-6-13(15(17)18-20)8-14(16)7-12/h6-8,11,20H,4-5,9-10H2,1-3H3,(H2,17,18). The van der Waals surface area contributed by atoms with Gasteiger partial charge in [0.2, 0.25) is 0 Å². The summed E-state index contributed by atoms with van der Waals surface area (Å²) in [6.45, 7) is 8.99. The van der Waals surface area contributed by atoms with Gasteiger partial charge >= 0.3 is 0 Å². The van der Waals surface area contributed by atoms with Gasteiger partial charge in [-0.15, -0.1) is 0 Å². The highest BCUT2D eigenvalue weighted by molar-refractivity contribution is 5.97. The van der Waals surface area contributed by atoms with E-state index in [1.165, 1.54) is 12.1 Å². The van der Waals surface area contributed by atoms with Crippen LogP contribution in [0.1, 0.15) is 38.3 Å². The first-order valence-corrected chi connectivity index (χ1v) is 6.99. The fraction of sp³-hybridized carbons (Fsp3) is 0.533. The number of oxime groups is 1. The van der Waals surface area contributed by atoms with Crippen molar-refractivity contribution in [2.75, 3.05) is 13.1 Å². The Hall–Kier alpha value is -1.62. The molecule has 1 atom stereocenters. The first kappa shape index (κ1) is 16.4. The molecule has 0 fully saturated rings. The normalized spacial score (nSPS) is 13.8. The first-order valence-electron chi connectivity index (χ1n) is 6.99. The van der Waals surface area contributed by atoms with Gasteiger partial charge in [-0.05, 0) is 36.2 Å². The molecule has 0 heterocycles. The number of benzene rings is 1. The summed E-state index contributed by atoms with van der Waals surface area (Å²) in [7, 11) is 0. The van der Waals surface area contributed by atoms with Crippen LogP contribution in [0.3, 0.4) is 0 Å². The van der Waals surface area contributed by atoms with Gasteiger partial charge in [0.15, 0.2) is 5.84 Å². The van der Waals surface area contributed by atoms with Crippen molar-refractivity contribution in [3.05, 3.63) is 35.1 Å². The van der Waals surface area contributed by atoms with Crippen molar-refractivity contribution in [3.63, 3.8) is 0 Å². The topological polar surface area (TPSA) is 61.8 Å². The first-order chi connectivity index (χ1) is 9.49. The van der Waals surface area contributed by atoms with E-state index in [0.29, 0.717) is 18.0 Å². The second-order valence-electron chi connectivity index (χ2n) is 5.17. The molecule has 1 rings (SSSR count). The number of nitrogens with zero attached hydrogens (tertiary/aromatic N) is 2. The maximum Gasteiger partial charge on any atom is 0.170 e. The molecule has 4 nitrogen and oxygen atoms in total. The predicted molar refractivity (Wildman–Crippen MR) is 79.3 cm³/mol. The Kier molecular flexibility index (Phi) is 6.45. The number of amidine groups is 1. The quantitative estimate of drug-likeness (QED) is 0.350. The second-order valence-corrected chi connectivity index (χ2v) is 5.17. The predicted octanol–water partition coefficient (Wildman–Crippen LogP) is 2.79. The second kappa shape index (κ2) is 7.85. The van der Waals surface area contributed by atoms with Crippen molar-refractivity contribution in [3.8, 4) is 0 Å². The van der Waals surface area contributed by atoms with Crippen LogP contribution in [0.4, 0.5) is 4.39 Å². The van der Waals surface area contributed by atoms with Gasteiger partial charge in [-0.1, -0.05) is 32.3 Å². The van der Waals surface area contributed by atoms with Crippen LogP contribution in [0.15, 0.2) is 23.4 Å². The molecule has 0 aliphatic rings. The Labute approximate surface area is 120 Å². The molecule has 1 aromatic rings. The van der Waals surface area contributed by atoms with Crippen LogP contribution in [0.5, 0.6) is 0 Å². The number of nitrogens with two attached hydrogens (primary N) is 1. The van der Waals surface area contributed by atoms with Crippen molar-refractivity contribution in [1.82, 2.24) is 4.90 Å². The van der Waals surface area contributed by atoms with Gasteiger partial charge in [-0.2, -0.15) is 0 Å². The van der Waals surface area contributed by atoms with E-state index < -0.39 is 0 Å². The Morgan fingerprint density at radius 3 is 2.65 bits per heavy atom. The highest BCUT2D eigenvalue weighted by atomic mass is 19.1. The summed E-state index contributed by atoms with van der Waals surface area (Å²) < 4.78 is 13.6. The summed E-state index contributed by atoms with van der Waals surface area (Å²) in [6, 6.07) is 4.52. The maximum absolute atomic E-state index is 13.6. The molecule has 0 spiro atoms. The smallest absolute Gasteiger partial charge is 0.170 e.